The van der Waals surface area contributed by atoms with E-state index in [-0.39, 0.29) is 26.4 Å². The number of halogens is 1. The minimum Gasteiger partial charge on any atom is -0.314 e. The number of sulfone groups is 1. The summed E-state index contributed by atoms with van der Waals surface area (Å²) in [6.07, 6.45) is 0. The fourth-order valence-electron chi connectivity index (χ4n) is 3.40. The van der Waals surface area contributed by atoms with Crippen molar-refractivity contribution in [2.24, 2.45) is 0 Å². The molecule has 1 saturated heterocycles. The number of thiazole rings is 1. The van der Waals surface area contributed by atoms with E-state index in [9.17, 15) is 18.0 Å². The van der Waals surface area contributed by atoms with Gasteiger partial charge in [0.1, 0.15) is 0 Å². The molecular formula is C21H22ClN5O4S2. The number of fused-ring (bicyclic) bond motifs is 1. The Balaban J connectivity index is 1.41. The first kappa shape index (κ1) is 23.6. The summed E-state index contributed by atoms with van der Waals surface area (Å²) in [5, 5.41) is 8.43. The lowest BCUT2D eigenvalue weighted by molar-refractivity contribution is 0.0967. The maximum Gasteiger partial charge on any atom is 0.327 e. The van der Waals surface area contributed by atoms with Crippen molar-refractivity contribution in [3.8, 4) is 0 Å². The number of urea groups is 1. The molecule has 0 spiro atoms. The first-order valence-corrected chi connectivity index (χ1v) is 13.1. The Labute approximate surface area is 200 Å². The number of carbonyl (C=O) groups excluding carboxylic acids is 2. The monoisotopic (exact) mass is 507 g/mol. The molecule has 174 valence electrons. The van der Waals surface area contributed by atoms with Crippen molar-refractivity contribution in [3.63, 3.8) is 0 Å². The van der Waals surface area contributed by atoms with Crippen LogP contribution in [0.4, 0.5) is 9.93 Å². The molecule has 2 heterocycles. The minimum atomic E-state index is -3.46. The molecule has 0 saturated carbocycles. The number of hydrogen-bond donors (Lipinski definition) is 3. The first-order valence-electron chi connectivity index (χ1n) is 10.2. The Morgan fingerprint density at radius 2 is 1.91 bits per heavy atom. The number of nitrogens with zero attached hydrogens (tertiary/aromatic N) is 2. The van der Waals surface area contributed by atoms with Gasteiger partial charge in [0.15, 0.2) is 15.0 Å². The molecule has 3 N–H and O–H groups in total. The van der Waals surface area contributed by atoms with Gasteiger partial charge in [-0.3, -0.25) is 20.3 Å². The maximum atomic E-state index is 12.8. The largest absolute Gasteiger partial charge is 0.327 e. The van der Waals surface area contributed by atoms with Crippen molar-refractivity contribution in [3.05, 3.63) is 53.1 Å². The number of hydrogen-bond acceptors (Lipinski definition) is 8. The standard InChI is InChI=1S/C21H22ClN5O4S2/c22-16-4-2-1-3-15(16)19(28)25-20(29)26-21-24-17-6-5-14(13-18(17)32-21)33(30,31)12-11-27-9-7-23-8-10-27/h1-6,13,23H,7-12H2,(H2,24,25,26,28,29). The van der Waals surface area contributed by atoms with Gasteiger partial charge in [0, 0.05) is 32.7 Å². The highest BCUT2D eigenvalue weighted by molar-refractivity contribution is 7.91. The molecule has 9 nitrogen and oxygen atoms in total. The zero-order valence-electron chi connectivity index (χ0n) is 17.5. The highest BCUT2D eigenvalue weighted by Gasteiger charge is 2.20. The van der Waals surface area contributed by atoms with E-state index in [1.54, 1.807) is 30.3 Å². The highest BCUT2D eigenvalue weighted by atomic mass is 35.5. The maximum absolute atomic E-state index is 12.8. The number of imide groups is 1. The number of piperazine rings is 1. The number of benzene rings is 2. The summed E-state index contributed by atoms with van der Waals surface area (Å²) in [6.45, 7) is 3.87. The van der Waals surface area contributed by atoms with Crippen LogP contribution in [0.15, 0.2) is 47.4 Å². The van der Waals surface area contributed by atoms with Gasteiger partial charge in [0.25, 0.3) is 5.91 Å². The number of carbonyl (C=O) groups is 2. The third-order valence-electron chi connectivity index (χ3n) is 5.17. The third-order valence-corrected chi connectivity index (χ3v) is 8.13. The van der Waals surface area contributed by atoms with Crippen LogP contribution in [0.1, 0.15) is 10.4 Å². The van der Waals surface area contributed by atoms with E-state index in [1.807, 2.05) is 0 Å². The normalized spacial score (nSPS) is 14.8. The summed E-state index contributed by atoms with van der Waals surface area (Å²) >= 11 is 7.10. The molecule has 4 rings (SSSR count). The number of rotatable bonds is 6. The second kappa shape index (κ2) is 10.1. The van der Waals surface area contributed by atoms with Crippen LogP contribution in [0.3, 0.4) is 0 Å². The Bertz CT molecular complexity index is 1290. The van der Waals surface area contributed by atoms with Gasteiger partial charge < -0.3 is 5.32 Å². The Morgan fingerprint density at radius 1 is 1.15 bits per heavy atom. The van der Waals surface area contributed by atoms with Crippen LogP contribution >= 0.6 is 22.9 Å². The molecule has 0 radical (unpaired) electrons. The molecule has 0 atom stereocenters. The van der Waals surface area contributed by atoms with E-state index < -0.39 is 21.8 Å². The second-order valence-corrected chi connectivity index (χ2v) is 11.0. The van der Waals surface area contributed by atoms with Crippen molar-refractivity contribution < 1.29 is 18.0 Å². The Hall–Kier alpha value is -2.57. The first-order chi connectivity index (χ1) is 15.8. The summed E-state index contributed by atoms with van der Waals surface area (Å²) in [4.78, 5) is 31.1. The lowest BCUT2D eigenvalue weighted by atomic mass is 10.2. The van der Waals surface area contributed by atoms with Crippen LogP contribution in [0.5, 0.6) is 0 Å². The van der Waals surface area contributed by atoms with Crippen LogP contribution < -0.4 is 16.0 Å². The van der Waals surface area contributed by atoms with Gasteiger partial charge in [-0.15, -0.1) is 0 Å². The van der Waals surface area contributed by atoms with Gasteiger partial charge in [0.2, 0.25) is 0 Å². The quantitative estimate of drug-likeness (QED) is 0.469. The van der Waals surface area contributed by atoms with E-state index >= 15 is 0 Å². The third kappa shape index (κ3) is 5.87. The van der Waals surface area contributed by atoms with Crippen LogP contribution in [0.25, 0.3) is 10.2 Å². The van der Waals surface area contributed by atoms with Crippen LogP contribution in [-0.4, -0.2) is 68.7 Å². The minimum absolute atomic E-state index is 0.0367. The molecule has 0 aliphatic carbocycles. The van der Waals surface area contributed by atoms with Crippen molar-refractivity contribution in [1.82, 2.24) is 20.5 Å². The Kier molecular flexibility index (Phi) is 7.25. The number of amides is 3. The van der Waals surface area contributed by atoms with Gasteiger partial charge in [-0.2, -0.15) is 0 Å². The zero-order chi connectivity index (χ0) is 23.4. The lowest BCUT2D eigenvalue weighted by Crippen LogP contribution is -2.45. The van der Waals surface area contributed by atoms with Gasteiger partial charge in [-0.1, -0.05) is 35.1 Å². The average molecular weight is 508 g/mol. The fraction of sp³-hybridized carbons (Fsp3) is 0.286. The smallest absolute Gasteiger partial charge is 0.314 e. The molecule has 1 aliphatic rings. The molecule has 1 aromatic heterocycles. The van der Waals surface area contributed by atoms with E-state index in [0.29, 0.717) is 16.8 Å². The summed E-state index contributed by atoms with van der Waals surface area (Å²) in [6, 6.07) is 10.3. The molecule has 2 aromatic carbocycles. The van der Waals surface area contributed by atoms with Crippen molar-refractivity contribution in [2.45, 2.75) is 4.90 Å². The lowest BCUT2D eigenvalue weighted by Gasteiger charge is -2.26. The zero-order valence-corrected chi connectivity index (χ0v) is 19.9. The predicted molar refractivity (Wildman–Crippen MR) is 129 cm³/mol. The molecule has 1 fully saturated rings. The van der Waals surface area contributed by atoms with Crippen LogP contribution in [0.2, 0.25) is 5.02 Å². The highest BCUT2D eigenvalue weighted by Crippen LogP contribution is 2.28. The van der Waals surface area contributed by atoms with E-state index in [4.69, 9.17) is 11.6 Å². The molecule has 0 bridgehead atoms. The van der Waals surface area contributed by atoms with Gasteiger partial charge in [0.05, 0.1) is 31.5 Å². The number of nitrogens with one attached hydrogen (secondary N) is 3. The van der Waals surface area contributed by atoms with E-state index in [2.05, 4.69) is 25.8 Å². The molecular weight excluding hydrogens is 486 g/mol. The van der Waals surface area contributed by atoms with Gasteiger partial charge >= 0.3 is 6.03 Å². The summed E-state index contributed by atoms with van der Waals surface area (Å²) < 4.78 is 26.2. The van der Waals surface area contributed by atoms with Crippen LogP contribution in [0, 0.1) is 0 Å². The van der Waals surface area contributed by atoms with Gasteiger partial charge in [-0.25, -0.2) is 18.2 Å². The SMILES string of the molecule is O=C(NC(=O)c1ccccc1Cl)Nc1nc2ccc(S(=O)(=O)CCN3CCNCC3)cc2s1. The molecule has 3 amide bonds. The summed E-state index contributed by atoms with van der Waals surface area (Å²) in [7, 11) is -3.46. The van der Waals surface area contributed by atoms with Crippen molar-refractivity contribution in [2.75, 3.05) is 43.8 Å². The second-order valence-electron chi connectivity index (χ2n) is 7.45. The molecule has 12 heteroatoms. The van der Waals surface area contributed by atoms with Crippen molar-refractivity contribution in [1.29, 1.82) is 0 Å². The van der Waals surface area contributed by atoms with E-state index in [0.717, 1.165) is 37.5 Å². The van der Waals surface area contributed by atoms with E-state index in [1.165, 1.54) is 12.1 Å². The number of aromatic nitrogens is 1. The average Bonchev–Trinajstić information content (AvgIpc) is 3.20. The molecule has 3 aromatic rings. The topological polar surface area (TPSA) is 120 Å². The number of anilines is 1. The van der Waals surface area contributed by atoms with Crippen LogP contribution in [-0.2, 0) is 9.84 Å². The summed E-state index contributed by atoms with van der Waals surface area (Å²) in [5.74, 6) is -0.605. The Morgan fingerprint density at radius 3 is 2.67 bits per heavy atom. The summed E-state index contributed by atoms with van der Waals surface area (Å²) in [5.41, 5.74) is 0.725. The predicted octanol–water partition coefficient (Wildman–Crippen LogP) is 2.59. The molecule has 33 heavy (non-hydrogen) atoms. The molecule has 1 aliphatic heterocycles. The fourth-order valence-corrected chi connectivity index (χ4v) is 5.90. The molecule has 0 unspecified atom stereocenters. The van der Waals surface area contributed by atoms with Crippen molar-refractivity contribution >= 4 is 60.1 Å². The van der Waals surface area contributed by atoms with Gasteiger partial charge in [-0.05, 0) is 30.3 Å².